The van der Waals surface area contributed by atoms with Gasteiger partial charge in [-0.1, -0.05) is 30.3 Å². The molecule has 0 aliphatic heterocycles. The second-order valence-electron chi connectivity index (χ2n) is 4.76. The fourth-order valence-corrected chi connectivity index (χ4v) is 2.08. The smallest absolute Gasteiger partial charge is 0.227 e. The van der Waals surface area contributed by atoms with Crippen LogP contribution >= 0.6 is 0 Å². The number of hydrogen-bond donors (Lipinski definition) is 1. The Morgan fingerprint density at radius 1 is 1.20 bits per heavy atom. The van der Waals surface area contributed by atoms with Crippen LogP contribution in [0.1, 0.15) is 16.7 Å². The van der Waals surface area contributed by atoms with Crippen LogP contribution in [-0.2, 0) is 24.3 Å². The van der Waals surface area contributed by atoms with Crippen molar-refractivity contribution in [2.45, 2.75) is 19.5 Å². The number of rotatable bonds is 5. The Morgan fingerprint density at radius 2 is 1.95 bits per heavy atom. The molecule has 4 heteroatoms. The van der Waals surface area contributed by atoms with Gasteiger partial charge in [-0.2, -0.15) is 0 Å². The molecule has 0 radical (unpaired) electrons. The van der Waals surface area contributed by atoms with Crippen molar-refractivity contribution in [1.82, 2.24) is 9.88 Å². The minimum absolute atomic E-state index is 0.0785. The van der Waals surface area contributed by atoms with Gasteiger partial charge in [0.05, 0.1) is 6.42 Å². The van der Waals surface area contributed by atoms with E-state index in [4.69, 9.17) is 5.73 Å². The van der Waals surface area contributed by atoms with Crippen LogP contribution < -0.4 is 5.73 Å². The lowest BCUT2D eigenvalue weighted by atomic mass is 10.0. The number of benzene rings is 1. The lowest BCUT2D eigenvalue weighted by molar-refractivity contribution is -0.129. The van der Waals surface area contributed by atoms with Crippen molar-refractivity contribution in [2.24, 2.45) is 5.73 Å². The summed E-state index contributed by atoms with van der Waals surface area (Å²) in [5.41, 5.74) is 8.74. The van der Waals surface area contributed by atoms with E-state index >= 15 is 0 Å². The number of likely N-dealkylation sites (N-methyl/N-ethyl adjacent to an activating group) is 1. The first-order valence-electron chi connectivity index (χ1n) is 6.60. The van der Waals surface area contributed by atoms with Gasteiger partial charge in [-0.05, 0) is 22.8 Å². The molecule has 0 saturated carbocycles. The van der Waals surface area contributed by atoms with E-state index < -0.39 is 0 Å². The summed E-state index contributed by atoms with van der Waals surface area (Å²) >= 11 is 0. The summed E-state index contributed by atoms with van der Waals surface area (Å²) in [5.74, 6) is 0.0785. The summed E-state index contributed by atoms with van der Waals surface area (Å²) in [6.45, 7) is 1.02. The molecule has 0 bridgehead atoms. The largest absolute Gasteiger partial charge is 0.341 e. The number of hydrogen-bond acceptors (Lipinski definition) is 3. The average Bonchev–Trinajstić information content (AvgIpc) is 2.48. The van der Waals surface area contributed by atoms with Gasteiger partial charge in [0.2, 0.25) is 5.91 Å². The van der Waals surface area contributed by atoms with Gasteiger partial charge in [-0.15, -0.1) is 0 Å². The summed E-state index contributed by atoms with van der Waals surface area (Å²) in [6.07, 6.45) is 3.88. The van der Waals surface area contributed by atoms with Crippen LogP contribution in [0.25, 0.3) is 0 Å². The van der Waals surface area contributed by atoms with Gasteiger partial charge in [0.25, 0.3) is 0 Å². The zero-order chi connectivity index (χ0) is 14.4. The second-order valence-corrected chi connectivity index (χ2v) is 4.76. The van der Waals surface area contributed by atoms with Crippen molar-refractivity contribution < 1.29 is 4.79 Å². The lowest BCUT2D eigenvalue weighted by Gasteiger charge is -2.18. The molecular weight excluding hydrogens is 250 g/mol. The topological polar surface area (TPSA) is 59.2 Å². The van der Waals surface area contributed by atoms with Crippen LogP contribution in [0.15, 0.2) is 48.8 Å². The first-order chi connectivity index (χ1) is 9.70. The number of nitrogens with zero attached hydrogens (tertiary/aromatic N) is 2. The van der Waals surface area contributed by atoms with E-state index in [-0.39, 0.29) is 5.91 Å². The van der Waals surface area contributed by atoms with E-state index in [0.717, 1.165) is 16.7 Å². The Bertz CT molecular complexity index is 569. The number of carbonyl (C=O) groups excluding carboxylic acids is 1. The normalized spacial score (nSPS) is 10.3. The molecule has 104 valence electrons. The molecule has 1 heterocycles. The number of amides is 1. The third kappa shape index (κ3) is 3.65. The molecule has 1 amide bonds. The number of aromatic nitrogens is 1. The number of carbonyl (C=O) groups is 1. The fraction of sp³-hybridized carbons (Fsp3) is 0.250. The van der Waals surface area contributed by atoms with Gasteiger partial charge in [-0.25, -0.2) is 0 Å². The van der Waals surface area contributed by atoms with E-state index in [2.05, 4.69) is 4.98 Å². The Hall–Kier alpha value is -2.20. The highest BCUT2D eigenvalue weighted by Crippen LogP contribution is 2.11. The molecule has 1 aromatic heterocycles. The third-order valence-corrected chi connectivity index (χ3v) is 3.25. The zero-order valence-corrected chi connectivity index (χ0v) is 11.6. The van der Waals surface area contributed by atoms with Gasteiger partial charge in [0, 0.05) is 32.5 Å². The average molecular weight is 269 g/mol. The van der Waals surface area contributed by atoms with Gasteiger partial charge >= 0.3 is 0 Å². The van der Waals surface area contributed by atoms with Crippen molar-refractivity contribution in [2.75, 3.05) is 7.05 Å². The maximum absolute atomic E-state index is 12.2. The van der Waals surface area contributed by atoms with E-state index in [1.54, 1.807) is 24.3 Å². The van der Waals surface area contributed by atoms with Gasteiger partial charge < -0.3 is 10.6 Å². The van der Waals surface area contributed by atoms with Crippen molar-refractivity contribution in [3.05, 3.63) is 65.5 Å². The Morgan fingerprint density at radius 3 is 2.60 bits per heavy atom. The summed E-state index contributed by atoms with van der Waals surface area (Å²) in [7, 11) is 1.81. The minimum Gasteiger partial charge on any atom is -0.341 e. The molecule has 2 aromatic rings. The summed E-state index contributed by atoms with van der Waals surface area (Å²) in [5, 5.41) is 0. The van der Waals surface area contributed by atoms with Gasteiger partial charge in [-0.3, -0.25) is 9.78 Å². The Balaban J connectivity index is 2.01. The predicted octanol–water partition coefficient (Wildman–Crippen LogP) is 1.74. The molecule has 0 spiro atoms. The maximum Gasteiger partial charge on any atom is 0.227 e. The van der Waals surface area contributed by atoms with E-state index in [1.165, 1.54) is 0 Å². The Labute approximate surface area is 119 Å². The van der Waals surface area contributed by atoms with Crippen LogP contribution in [0.3, 0.4) is 0 Å². The first kappa shape index (κ1) is 14.2. The fourth-order valence-electron chi connectivity index (χ4n) is 2.08. The highest BCUT2D eigenvalue weighted by molar-refractivity contribution is 5.78. The van der Waals surface area contributed by atoms with Crippen LogP contribution in [-0.4, -0.2) is 22.8 Å². The van der Waals surface area contributed by atoms with Gasteiger partial charge in [0.15, 0.2) is 0 Å². The van der Waals surface area contributed by atoms with Crippen LogP contribution in [0.2, 0.25) is 0 Å². The molecule has 0 saturated heterocycles. The predicted molar refractivity (Wildman–Crippen MR) is 78.7 cm³/mol. The molecule has 0 fully saturated rings. The molecule has 20 heavy (non-hydrogen) atoms. The molecule has 0 atom stereocenters. The molecule has 0 unspecified atom stereocenters. The number of pyridine rings is 1. The lowest BCUT2D eigenvalue weighted by Crippen LogP contribution is -2.28. The molecule has 2 N–H and O–H groups in total. The summed E-state index contributed by atoms with van der Waals surface area (Å²) in [4.78, 5) is 18.0. The maximum atomic E-state index is 12.2. The summed E-state index contributed by atoms with van der Waals surface area (Å²) < 4.78 is 0. The SMILES string of the molecule is CN(Cc1cccnc1)C(=O)Cc1ccccc1CN. The quantitative estimate of drug-likeness (QED) is 0.899. The van der Waals surface area contributed by atoms with E-state index in [9.17, 15) is 4.79 Å². The third-order valence-electron chi connectivity index (χ3n) is 3.25. The monoisotopic (exact) mass is 269 g/mol. The first-order valence-corrected chi connectivity index (χ1v) is 6.60. The van der Waals surface area contributed by atoms with Crippen molar-refractivity contribution in [1.29, 1.82) is 0 Å². The van der Waals surface area contributed by atoms with E-state index in [1.807, 2.05) is 36.4 Å². The second kappa shape index (κ2) is 6.82. The molecule has 0 aliphatic carbocycles. The van der Waals surface area contributed by atoms with Crippen LogP contribution in [0.5, 0.6) is 0 Å². The summed E-state index contributed by atoms with van der Waals surface area (Å²) in [6, 6.07) is 11.6. The molecule has 0 aliphatic rings. The minimum atomic E-state index is 0.0785. The van der Waals surface area contributed by atoms with E-state index in [0.29, 0.717) is 19.5 Å². The molecule has 2 rings (SSSR count). The van der Waals surface area contributed by atoms with Crippen molar-refractivity contribution in [3.63, 3.8) is 0 Å². The van der Waals surface area contributed by atoms with Crippen LogP contribution in [0.4, 0.5) is 0 Å². The van der Waals surface area contributed by atoms with Crippen molar-refractivity contribution >= 4 is 5.91 Å². The zero-order valence-electron chi connectivity index (χ0n) is 11.6. The molecule has 1 aromatic carbocycles. The number of nitrogens with two attached hydrogens (primary N) is 1. The standard InChI is InChI=1S/C16H19N3O/c1-19(12-13-5-4-8-18-11-13)16(20)9-14-6-2-3-7-15(14)10-17/h2-8,11H,9-10,12,17H2,1H3. The highest BCUT2D eigenvalue weighted by Gasteiger charge is 2.12. The molecule has 4 nitrogen and oxygen atoms in total. The molecular formula is C16H19N3O. The van der Waals surface area contributed by atoms with Crippen molar-refractivity contribution in [3.8, 4) is 0 Å². The Kier molecular flexibility index (Phi) is 4.85. The van der Waals surface area contributed by atoms with Gasteiger partial charge in [0.1, 0.15) is 0 Å². The highest BCUT2D eigenvalue weighted by atomic mass is 16.2. The van der Waals surface area contributed by atoms with Crippen LogP contribution in [0, 0.1) is 0 Å².